The topological polar surface area (TPSA) is 130 Å². The molecule has 6 rings (SSSR count). The van der Waals surface area contributed by atoms with E-state index in [1.165, 1.54) is 12.8 Å². The van der Waals surface area contributed by atoms with Gasteiger partial charge >= 0.3 is 0 Å². The van der Waals surface area contributed by atoms with Crippen molar-refractivity contribution in [1.29, 1.82) is 0 Å². The van der Waals surface area contributed by atoms with Gasteiger partial charge in [-0.25, -0.2) is 14.6 Å². The van der Waals surface area contributed by atoms with Gasteiger partial charge in [-0.15, -0.1) is 0 Å². The molecule has 0 saturated heterocycles. The number of nitrogens with zero attached hydrogens (tertiary/aromatic N) is 6. The summed E-state index contributed by atoms with van der Waals surface area (Å²) in [4.78, 5) is 17.1. The van der Waals surface area contributed by atoms with Gasteiger partial charge in [0.05, 0.1) is 43.1 Å². The van der Waals surface area contributed by atoms with E-state index in [0.717, 1.165) is 21.5 Å². The van der Waals surface area contributed by atoms with E-state index in [1.807, 2.05) is 42.6 Å². The van der Waals surface area contributed by atoms with E-state index in [2.05, 4.69) is 67.5 Å². The van der Waals surface area contributed by atoms with Crippen LogP contribution in [0.1, 0.15) is 24.5 Å². The van der Waals surface area contributed by atoms with Gasteiger partial charge in [-0.05, 0) is 50.8 Å². The average Bonchev–Trinajstić information content (AvgIpc) is 3.79. The zero-order valence-electron chi connectivity index (χ0n) is 24.7. The summed E-state index contributed by atoms with van der Waals surface area (Å²) < 4.78 is 24.1. The van der Waals surface area contributed by atoms with Crippen molar-refractivity contribution in [3.8, 4) is 28.8 Å². The average molecular weight is 761 g/mol. The number of anilines is 4. The summed E-state index contributed by atoms with van der Waals surface area (Å²) in [7, 11) is 6.40. The Labute approximate surface area is 281 Å². The maximum absolute atomic E-state index is 5.91. The molecule has 0 spiro atoms. The van der Waals surface area contributed by atoms with Crippen molar-refractivity contribution in [2.75, 3.05) is 39.1 Å². The molecule has 2 N–H and O–H groups in total. The smallest absolute Gasteiger partial charge is 0.229 e. The molecule has 0 amide bonds. The fourth-order valence-electron chi connectivity index (χ4n) is 4.06. The minimum absolute atomic E-state index is 0.340. The number of ether oxygens (including phenoxy) is 4. The zero-order valence-corrected chi connectivity index (χ0v) is 28.6. The van der Waals surface area contributed by atoms with Crippen molar-refractivity contribution in [2.45, 2.75) is 18.8 Å². The molecular weight excluding hydrogens is 732 g/mol. The monoisotopic (exact) mass is 758 g/mol. The van der Waals surface area contributed by atoms with Crippen LogP contribution < -0.4 is 29.6 Å². The number of halogens is 3. The minimum atomic E-state index is 0.340. The van der Waals surface area contributed by atoms with Gasteiger partial charge in [0.15, 0.2) is 5.82 Å². The second-order valence-electron chi connectivity index (χ2n) is 9.61. The molecule has 1 aliphatic carbocycles. The second-order valence-corrected chi connectivity index (χ2v) is 11.7. The molecule has 3 aromatic heterocycles. The van der Waals surface area contributed by atoms with Crippen LogP contribution >= 0.6 is 43.5 Å². The third-order valence-electron chi connectivity index (χ3n) is 6.46. The first-order valence-corrected chi connectivity index (χ1v) is 15.5. The third-order valence-corrected chi connectivity index (χ3v) is 8.12. The van der Waals surface area contributed by atoms with E-state index in [9.17, 15) is 0 Å². The summed E-state index contributed by atoms with van der Waals surface area (Å²) in [6.07, 6.45) is 7.65. The van der Waals surface area contributed by atoms with Crippen molar-refractivity contribution in [3.05, 3.63) is 80.8 Å². The zero-order chi connectivity index (χ0) is 31.9. The van der Waals surface area contributed by atoms with Crippen LogP contribution in [-0.4, -0.2) is 58.2 Å². The molecule has 0 bridgehead atoms. The molecule has 45 heavy (non-hydrogen) atoms. The van der Waals surface area contributed by atoms with Crippen molar-refractivity contribution in [3.63, 3.8) is 0 Å². The first-order chi connectivity index (χ1) is 21.8. The van der Waals surface area contributed by atoms with Crippen LogP contribution in [0.15, 0.2) is 70.0 Å². The quantitative estimate of drug-likeness (QED) is 0.136. The van der Waals surface area contributed by atoms with Crippen molar-refractivity contribution >= 4 is 66.7 Å². The van der Waals surface area contributed by atoms with Crippen LogP contribution in [0, 0.1) is 0 Å². The largest absolute Gasteiger partial charge is 0.497 e. The van der Waals surface area contributed by atoms with Crippen molar-refractivity contribution in [2.24, 2.45) is 0 Å². The Hall–Kier alpha value is -4.14. The Morgan fingerprint density at radius 1 is 0.733 bits per heavy atom. The number of hydrogen-bond acceptors (Lipinski definition) is 11. The minimum Gasteiger partial charge on any atom is -0.497 e. The molecule has 5 aromatic rings. The van der Waals surface area contributed by atoms with Gasteiger partial charge in [0.25, 0.3) is 0 Å². The lowest BCUT2D eigenvalue weighted by Gasteiger charge is -2.11. The Bertz CT molecular complexity index is 1740. The highest BCUT2D eigenvalue weighted by Crippen LogP contribution is 2.39. The van der Waals surface area contributed by atoms with Gasteiger partial charge in [-0.3, -0.25) is 0 Å². The van der Waals surface area contributed by atoms with Crippen LogP contribution in [0.4, 0.5) is 23.3 Å². The molecule has 12 nitrogen and oxygen atoms in total. The molecule has 3 heterocycles. The predicted molar refractivity (Wildman–Crippen MR) is 179 cm³/mol. The maximum Gasteiger partial charge on any atom is 0.229 e. The van der Waals surface area contributed by atoms with E-state index in [-0.39, 0.29) is 0 Å². The molecule has 0 atom stereocenters. The van der Waals surface area contributed by atoms with Crippen molar-refractivity contribution in [1.82, 2.24) is 29.7 Å². The fraction of sp³-hybridized carbons (Fsp3) is 0.233. The first-order valence-electron chi connectivity index (χ1n) is 13.5. The third kappa shape index (κ3) is 8.53. The highest BCUT2D eigenvalue weighted by molar-refractivity contribution is 9.10. The molecule has 1 fully saturated rings. The van der Waals surface area contributed by atoms with Crippen LogP contribution in [0.5, 0.6) is 23.0 Å². The maximum atomic E-state index is 5.91. The van der Waals surface area contributed by atoms with Crippen LogP contribution in [0.3, 0.4) is 0 Å². The molecule has 0 unspecified atom stereocenters. The number of aromatic nitrogens is 6. The Morgan fingerprint density at radius 3 is 1.69 bits per heavy atom. The van der Waals surface area contributed by atoms with Crippen LogP contribution in [0.25, 0.3) is 5.82 Å². The number of rotatable bonds is 10. The Morgan fingerprint density at radius 2 is 1.22 bits per heavy atom. The highest BCUT2D eigenvalue weighted by Gasteiger charge is 2.26. The number of hydrogen-bond donors (Lipinski definition) is 2. The highest BCUT2D eigenvalue weighted by atomic mass is 79.9. The lowest BCUT2D eigenvalue weighted by atomic mass is 10.3. The molecular formula is C30H29Br2ClN8O4. The van der Waals surface area contributed by atoms with E-state index in [1.54, 1.807) is 51.6 Å². The van der Waals surface area contributed by atoms with Gasteiger partial charge in [0.2, 0.25) is 11.9 Å². The normalized spacial score (nSPS) is 12.1. The number of nitrogens with one attached hydrogen (secondary N) is 2. The lowest BCUT2D eigenvalue weighted by molar-refractivity contribution is 0.394. The standard InChI is InChI=1S/C18H18BrN5O2.C12H11BrClN3O2/c1-25-13-7-12(8-14(9-13)26-2)21-18-20-10-15(19)17(22-18)24-6-5-16(23-24)11-3-4-11;1-18-8-3-7(4-9(5-8)19-2)16-12-15-6-10(13)11(14)17-12/h5-11H,3-4H2,1-2H3,(H,20,21,22);3-6H,1-2H3,(H,15,16,17). The van der Waals surface area contributed by atoms with Gasteiger partial charge in [-0.1, -0.05) is 11.6 Å². The van der Waals surface area contributed by atoms with Gasteiger partial charge in [-0.2, -0.15) is 15.1 Å². The second kappa shape index (κ2) is 14.8. The summed E-state index contributed by atoms with van der Waals surface area (Å²) in [6.45, 7) is 0. The lowest BCUT2D eigenvalue weighted by Crippen LogP contribution is -2.05. The van der Waals surface area contributed by atoms with Crippen LogP contribution in [0.2, 0.25) is 5.15 Å². The van der Waals surface area contributed by atoms with Gasteiger partial charge in [0, 0.05) is 72.3 Å². The van der Waals surface area contributed by atoms with Crippen LogP contribution in [-0.2, 0) is 0 Å². The molecule has 234 valence electrons. The van der Waals surface area contributed by atoms with E-state index in [4.69, 9.17) is 30.5 Å². The SMILES string of the molecule is COc1cc(Nc2ncc(Br)c(-n3ccc(C4CC4)n3)n2)cc(OC)c1.COc1cc(Nc2ncc(Br)c(Cl)n2)cc(OC)c1. The van der Waals surface area contributed by atoms with E-state index >= 15 is 0 Å². The summed E-state index contributed by atoms with van der Waals surface area (Å²) in [5, 5.41) is 11.2. The number of methoxy groups -OCH3 is 4. The van der Waals surface area contributed by atoms with E-state index < -0.39 is 0 Å². The molecule has 15 heteroatoms. The molecule has 0 aliphatic heterocycles. The molecule has 2 aromatic carbocycles. The summed E-state index contributed by atoms with van der Waals surface area (Å²) in [6, 6.07) is 13.0. The predicted octanol–water partition coefficient (Wildman–Crippen LogP) is 7.72. The summed E-state index contributed by atoms with van der Waals surface area (Å²) in [5.74, 6) is 4.85. The number of benzene rings is 2. The summed E-state index contributed by atoms with van der Waals surface area (Å²) in [5.41, 5.74) is 2.63. The first kappa shape index (κ1) is 32.3. The Kier molecular flexibility index (Phi) is 10.6. The Balaban J connectivity index is 0.000000187. The van der Waals surface area contributed by atoms with Gasteiger partial charge < -0.3 is 29.6 Å². The van der Waals surface area contributed by atoms with Crippen molar-refractivity contribution < 1.29 is 18.9 Å². The van der Waals surface area contributed by atoms with Gasteiger partial charge in [0.1, 0.15) is 28.2 Å². The fourth-order valence-corrected chi connectivity index (χ4v) is 4.75. The summed E-state index contributed by atoms with van der Waals surface area (Å²) >= 11 is 12.7. The van der Waals surface area contributed by atoms with E-state index in [0.29, 0.717) is 56.3 Å². The molecule has 1 saturated carbocycles. The molecule has 0 radical (unpaired) electrons. The molecule has 1 aliphatic rings.